The van der Waals surface area contributed by atoms with Gasteiger partial charge in [-0.2, -0.15) is 0 Å². The van der Waals surface area contributed by atoms with Gasteiger partial charge in [-0.1, -0.05) is 26.7 Å². The predicted molar refractivity (Wildman–Crippen MR) is 87.5 cm³/mol. The van der Waals surface area contributed by atoms with Crippen LogP contribution in [0.1, 0.15) is 59.3 Å². The van der Waals surface area contributed by atoms with Crippen LogP contribution in [0.4, 0.5) is 0 Å². The van der Waals surface area contributed by atoms with Gasteiger partial charge in [0.25, 0.3) is 0 Å². The molecule has 0 atom stereocenters. The molecule has 0 rings (SSSR count). The highest BCUT2D eigenvalue weighted by molar-refractivity contribution is 5.92. The molecule has 0 aliphatic heterocycles. The van der Waals surface area contributed by atoms with Gasteiger partial charge in [-0.25, -0.2) is 4.79 Å². The number of rotatable bonds is 12. The van der Waals surface area contributed by atoms with E-state index in [4.69, 9.17) is 14.2 Å². The fourth-order valence-electron chi connectivity index (χ4n) is 2.01. The summed E-state index contributed by atoms with van der Waals surface area (Å²) >= 11 is 0. The number of esters is 4. The molecule has 0 radical (unpaired) electrons. The van der Waals surface area contributed by atoms with E-state index in [2.05, 4.69) is 4.74 Å². The van der Waals surface area contributed by atoms with Crippen LogP contribution >= 0.6 is 0 Å². The minimum absolute atomic E-state index is 0.174. The largest absolute Gasteiger partial charge is 0.466 e. The lowest BCUT2D eigenvalue weighted by atomic mass is 9.95. The summed E-state index contributed by atoms with van der Waals surface area (Å²) in [7, 11) is 1.07. The van der Waals surface area contributed by atoms with Crippen molar-refractivity contribution < 1.29 is 38.1 Å². The zero-order valence-corrected chi connectivity index (χ0v) is 15.4. The smallest absolute Gasteiger partial charge is 0.351 e. The van der Waals surface area contributed by atoms with Crippen molar-refractivity contribution in [2.45, 2.75) is 64.9 Å². The zero-order chi connectivity index (χ0) is 19.3. The minimum Gasteiger partial charge on any atom is -0.466 e. The lowest BCUT2D eigenvalue weighted by molar-refractivity contribution is -0.188. The molecule has 8 heteroatoms. The third kappa shape index (κ3) is 9.07. The first-order valence-electron chi connectivity index (χ1n) is 8.40. The summed E-state index contributed by atoms with van der Waals surface area (Å²) in [6.45, 7) is 5.28. The van der Waals surface area contributed by atoms with E-state index in [9.17, 15) is 19.2 Å². The van der Waals surface area contributed by atoms with Gasteiger partial charge < -0.3 is 18.9 Å². The molecule has 0 aliphatic rings. The normalized spacial score (nSPS) is 10.7. The first kappa shape index (κ1) is 22.9. The maximum Gasteiger partial charge on any atom is 0.351 e. The number of ether oxygens (including phenoxy) is 4. The molecule has 0 aromatic rings. The molecule has 0 saturated carbocycles. The van der Waals surface area contributed by atoms with E-state index in [-0.39, 0.29) is 13.2 Å². The molecule has 0 unspecified atom stereocenters. The number of hydrogen-bond acceptors (Lipinski definition) is 8. The highest BCUT2D eigenvalue weighted by Crippen LogP contribution is 2.25. The molecule has 0 bridgehead atoms. The standard InChI is InChI=1S/C17H28O8/c1-5-7-9-23-14(19)11-17(16(21)22-4,25-13(3)18)12-15(20)24-10-8-6-2/h5-12H2,1-4H3. The van der Waals surface area contributed by atoms with Crippen molar-refractivity contribution in [1.29, 1.82) is 0 Å². The van der Waals surface area contributed by atoms with Crippen molar-refractivity contribution in [3.63, 3.8) is 0 Å². The SMILES string of the molecule is CCCCOC(=O)CC(CC(=O)OCCCC)(OC(C)=O)C(=O)OC. The number of hydrogen-bond donors (Lipinski definition) is 0. The first-order valence-corrected chi connectivity index (χ1v) is 8.40. The van der Waals surface area contributed by atoms with Gasteiger partial charge in [0.05, 0.1) is 33.2 Å². The second kappa shape index (κ2) is 12.3. The Hall–Kier alpha value is -2.12. The van der Waals surface area contributed by atoms with E-state index in [1.807, 2.05) is 13.8 Å². The second-order valence-corrected chi connectivity index (χ2v) is 5.58. The van der Waals surface area contributed by atoms with Crippen LogP contribution < -0.4 is 0 Å². The van der Waals surface area contributed by atoms with Crippen LogP contribution in [0.25, 0.3) is 0 Å². The highest BCUT2D eigenvalue weighted by atomic mass is 16.6. The average molecular weight is 360 g/mol. The molecular formula is C17H28O8. The molecule has 25 heavy (non-hydrogen) atoms. The number of carbonyl (C=O) groups is 4. The second-order valence-electron chi connectivity index (χ2n) is 5.58. The van der Waals surface area contributed by atoms with Crippen LogP contribution in [0, 0.1) is 0 Å². The maximum absolute atomic E-state index is 12.2. The van der Waals surface area contributed by atoms with Crippen LogP contribution in [0.2, 0.25) is 0 Å². The van der Waals surface area contributed by atoms with Crippen molar-refractivity contribution >= 4 is 23.9 Å². The zero-order valence-electron chi connectivity index (χ0n) is 15.4. The maximum atomic E-state index is 12.2. The van der Waals surface area contributed by atoms with Gasteiger partial charge >= 0.3 is 23.9 Å². The average Bonchev–Trinajstić information content (AvgIpc) is 2.53. The Morgan fingerprint density at radius 2 is 1.28 bits per heavy atom. The van der Waals surface area contributed by atoms with Crippen molar-refractivity contribution in [1.82, 2.24) is 0 Å². The Labute approximate surface area is 148 Å². The van der Waals surface area contributed by atoms with E-state index in [1.165, 1.54) is 0 Å². The highest BCUT2D eigenvalue weighted by Gasteiger charge is 2.48. The Kier molecular flexibility index (Phi) is 11.2. The van der Waals surface area contributed by atoms with Gasteiger partial charge in [0.2, 0.25) is 5.60 Å². The Bertz CT molecular complexity index is 434. The summed E-state index contributed by atoms with van der Waals surface area (Å²) in [6, 6.07) is 0. The van der Waals surface area contributed by atoms with Gasteiger partial charge in [0.15, 0.2) is 0 Å². The van der Waals surface area contributed by atoms with Gasteiger partial charge in [-0.05, 0) is 12.8 Å². The number of methoxy groups -OCH3 is 1. The van der Waals surface area contributed by atoms with Gasteiger partial charge in [-0.15, -0.1) is 0 Å². The molecular weight excluding hydrogens is 332 g/mol. The molecule has 0 N–H and O–H groups in total. The van der Waals surface area contributed by atoms with Crippen molar-refractivity contribution in [3.8, 4) is 0 Å². The van der Waals surface area contributed by atoms with E-state index >= 15 is 0 Å². The number of unbranched alkanes of at least 4 members (excludes halogenated alkanes) is 2. The number of carbonyl (C=O) groups excluding carboxylic acids is 4. The van der Waals surface area contributed by atoms with E-state index < -0.39 is 42.3 Å². The van der Waals surface area contributed by atoms with Crippen LogP contribution in [-0.4, -0.2) is 49.8 Å². The summed E-state index contributed by atoms with van der Waals surface area (Å²) < 4.78 is 19.7. The molecule has 144 valence electrons. The van der Waals surface area contributed by atoms with Gasteiger partial charge in [0.1, 0.15) is 0 Å². The van der Waals surface area contributed by atoms with E-state index in [0.29, 0.717) is 12.8 Å². The summed E-state index contributed by atoms with van der Waals surface area (Å²) in [5, 5.41) is 0. The third-order valence-corrected chi connectivity index (χ3v) is 3.28. The van der Waals surface area contributed by atoms with Crippen molar-refractivity contribution in [2.24, 2.45) is 0 Å². The van der Waals surface area contributed by atoms with Crippen LogP contribution in [-0.2, 0) is 38.1 Å². The first-order chi connectivity index (χ1) is 11.8. The molecule has 8 nitrogen and oxygen atoms in total. The van der Waals surface area contributed by atoms with E-state index in [0.717, 1.165) is 26.9 Å². The minimum atomic E-state index is -2.09. The Morgan fingerprint density at radius 1 is 0.840 bits per heavy atom. The van der Waals surface area contributed by atoms with Gasteiger partial charge in [-0.3, -0.25) is 14.4 Å². The fourth-order valence-corrected chi connectivity index (χ4v) is 2.01. The third-order valence-electron chi connectivity index (χ3n) is 3.28. The lowest BCUT2D eigenvalue weighted by Crippen LogP contribution is -2.48. The Morgan fingerprint density at radius 3 is 1.60 bits per heavy atom. The fraction of sp³-hybridized carbons (Fsp3) is 0.765. The van der Waals surface area contributed by atoms with Crippen LogP contribution in [0.15, 0.2) is 0 Å². The summed E-state index contributed by atoms with van der Waals surface area (Å²) in [5.74, 6) is -3.36. The molecule has 0 aromatic carbocycles. The predicted octanol–water partition coefficient (Wildman–Crippen LogP) is 1.93. The lowest BCUT2D eigenvalue weighted by Gasteiger charge is -2.28. The topological polar surface area (TPSA) is 105 Å². The van der Waals surface area contributed by atoms with Crippen molar-refractivity contribution in [3.05, 3.63) is 0 Å². The van der Waals surface area contributed by atoms with Gasteiger partial charge in [0, 0.05) is 6.92 Å². The summed E-state index contributed by atoms with van der Waals surface area (Å²) in [6.07, 6.45) is 1.72. The molecule has 0 spiro atoms. The van der Waals surface area contributed by atoms with Crippen LogP contribution in [0.5, 0.6) is 0 Å². The molecule has 0 fully saturated rings. The molecule has 0 saturated heterocycles. The monoisotopic (exact) mass is 360 g/mol. The summed E-state index contributed by atoms with van der Waals surface area (Å²) in [4.78, 5) is 47.6. The Balaban J connectivity index is 5.22. The van der Waals surface area contributed by atoms with Crippen molar-refractivity contribution in [2.75, 3.05) is 20.3 Å². The van der Waals surface area contributed by atoms with Crippen LogP contribution in [0.3, 0.4) is 0 Å². The molecule has 0 heterocycles. The quantitative estimate of drug-likeness (QED) is 0.295. The molecule has 0 amide bonds. The molecule has 0 aliphatic carbocycles. The van der Waals surface area contributed by atoms with E-state index in [1.54, 1.807) is 0 Å². The summed E-state index contributed by atoms with van der Waals surface area (Å²) in [5.41, 5.74) is -2.09. The molecule has 0 aromatic heterocycles.